The molecule has 0 spiro atoms. The first-order valence-electron chi connectivity index (χ1n) is 2.83. The molecule has 1 heterocycles. The highest BCUT2D eigenvalue weighted by molar-refractivity contribution is 9.09. The molecule has 0 aromatic rings. The highest BCUT2D eigenvalue weighted by Crippen LogP contribution is 1.87. The number of halogens is 1. The lowest BCUT2D eigenvalue weighted by atomic mass is 10.4. The number of nitrogens with one attached hydrogen (secondary N) is 1. The SMILES string of the molecule is BrC[NH+]1CCCC1. The first kappa shape index (κ1) is 5.57. The maximum Gasteiger partial charge on any atom is 0.132 e. The van der Waals surface area contributed by atoms with Gasteiger partial charge >= 0.3 is 0 Å². The normalized spacial score (nSPS) is 23.6. The topological polar surface area (TPSA) is 4.44 Å². The van der Waals surface area contributed by atoms with E-state index in [0.717, 1.165) is 5.45 Å². The molecule has 1 N–H and O–H groups in total. The quantitative estimate of drug-likeness (QED) is 0.412. The Hall–Kier alpha value is 0.440. The molecule has 0 radical (unpaired) electrons. The first-order chi connectivity index (χ1) is 3.43. The van der Waals surface area contributed by atoms with Gasteiger partial charge in [0.1, 0.15) is 5.45 Å². The Balaban J connectivity index is 2.14. The fraction of sp³-hybridized carbons (Fsp3) is 1.00. The molecule has 1 aliphatic rings. The molecule has 1 saturated heterocycles. The minimum Gasteiger partial charge on any atom is -0.326 e. The van der Waals surface area contributed by atoms with Crippen LogP contribution in [0.4, 0.5) is 0 Å². The second-order valence-corrected chi connectivity index (χ2v) is 2.65. The van der Waals surface area contributed by atoms with Crippen LogP contribution in [0.5, 0.6) is 0 Å². The van der Waals surface area contributed by atoms with Crippen molar-refractivity contribution in [3.8, 4) is 0 Å². The van der Waals surface area contributed by atoms with Gasteiger partial charge < -0.3 is 4.90 Å². The van der Waals surface area contributed by atoms with E-state index in [1.165, 1.54) is 25.9 Å². The highest BCUT2D eigenvalue weighted by atomic mass is 79.9. The minimum absolute atomic E-state index is 1.15. The Labute approximate surface area is 52.8 Å². The number of hydrogen-bond donors (Lipinski definition) is 1. The summed E-state index contributed by atoms with van der Waals surface area (Å²) in [7, 11) is 0. The smallest absolute Gasteiger partial charge is 0.132 e. The van der Waals surface area contributed by atoms with Crippen LogP contribution in [-0.2, 0) is 0 Å². The van der Waals surface area contributed by atoms with Gasteiger partial charge in [-0.2, -0.15) is 0 Å². The van der Waals surface area contributed by atoms with E-state index in [0.29, 0.717) is 0 Å². The summed E-state index contributed by atoms with van der Waals surface area (Å²) in [5.74, 6) is 0. The lowest BCUT2D eigenvalue weighted by molar-refractivity contribution is -0.872. The Morgan fingerprint density at radius 1 is 1.29 bits per heavy atom. The molecule has 1 rings (SSSR count). The van der Waals surface area contributed by atoms with E-state index in [9.17, 15) is 0 Å². The molecule has 1 nitrogen and oxygen atoms in total. The van der Waals surface area contributed by atoms with Crippen LogP contribution >= 0.6 is 15.9 Å². The van der Waals surface area contributed by atoms with Crippen LogP contribution in [0.15, 0.2) is 0 Å². The third-order valence-electron chi connectivity index (χ3n) is 1.50. The van der Waals surface area contributed by atoms with Gasteiger partial charge in [-0.1, -0.05) is 0 Å². The number of likely N-dealkylation sites (tertiary alicyclic amines) is 1. The van der Waals surface area contributed by atoms with Crippen molar-refractivity contribution in [2.24, 2.45) is 0 Å². The lowest BCUT2D eigenvalue weighted by Gasteiger charge is -2.04. The summed E-state index contributed by atoms with van der Waals surface area (Å²) in [6.45, 7) is 2.76. The first-order valence-corrected chi connectivity index (χ1v) is 3.95. The zero-order valence-electron chi connectivity index (χ0n) is 4.41. The summed E-state index contributed by atoms with van der Waals surface area (Å²) >= 11 is 3.44. The van der Waals surface area contributed by atoms with Crippen LogP contribution in [0.3, 0.4) is 0 Å². The molecule has 0 aliphatic carbocycles. The van der Waals surface area contributed by atoms with E-state index in [1.54, 1.807) is 4.90 Å². The largest absolute Gasteiger partial charge is 0.326 e. The lowest BCUT2D eigenvalue weighted by Crippen LogP contribution is -3.09. The van der Waals surface area contributed by atoms with Crippen LogP contribution < -0.4 is 4.90 Å². The van der Waals surface area contributed by atoms with Gasteiger partial charge in [-0.05, 0) is 15.9 Å². The predicted molar refractivity (Wildman–Crippen MR) is 33.7 cm³/mol. The molecule has 0 amide bonds. The summed E-state index contributed by atoms with van der Waals surface area (Å²) in [5, 5.41) is 0. The average molecular weight is 165 g/mol. The van der Waals surface area contributed by atoms with Gasteiger partial charge in [0.05, 0.1) is 13.1 Å². The number of quaternary nitrogens is 1. The van der Waals surface area contributed by atoms with Crippen molar-refractivity contribution in [1.82, 2.24) is 0 Å². The minimum atomic E-state index is 1.15. The van der Waals surface area contributed by atoms with Gasteiger partial charge in [-0.25, -0.2) is 0 Å². The number of rotatable bonds is 1. The highest BCUT2D eigenvalue weighted by Gasteiger charge is 2.11. The van der Waals surface area contributed by atoms with Crippen LogP contribution in [0.1, 0.15) is 12.8 Å². The molecule has 2 heteroatoms. The van der Waals surface area contributed by atoms with Crippen molar-refractivity contribution < 1.29 is 4.90 Å². The van der Waals surface area contributed by atoms with Gasteiger partial charge in [-0.15, -0.1) is 0 Å². The number of alkyl halides is 1. The van der Waals surface area contributed by atoms with Gasteiger partial charge in [0.25, 0.3) is 0 Å². The second kappa shape index (κ2) is 2.68. The van der Waals surface area contributed by atoms with Crippen molar-refractivity contribution >= 4 is 15.9 Å². The van der Waals surface area contributed by atoms with E-state index < -0.39 is 0 Å². The van der Waals surface area contributed by atoms with Crippen molar-refractivity contribution in [1.29, 1.82) is 0 Å². The molecule has 0 aromatic carbocycles. The van der Waals surface area contributed by atoms with Gasteiger partial charge in [-0.3, -0.25) is 0 Å². The molecule has 42 valence electrons. The summed E-state index contributed by atoms with van der Waals surface area (Å²) in [4.78, 5) is 1.71. The van der Waals surface area contributed by atoms with Gasteiger partial charge in [0, 0.05) is 12.8 Å². The maximum absolute atomic E-state index is 3.44. The molecular formula is C5H11BrN+. The van der Waals surface area contributed by atoms with E-state index in [4.69, 9.17) is 0 Å². The third kappa shape index (κ3) is 1.42. The fourth-order valence-corrected chi connectivity index (χ4v) is 1.57. The zero-order valence-corrected chi connectivity index (χ0v) is 6.00. The molecule has 7 heavy (non-hydrogen) atoms. The maximum atomic E-state index is 3.44. The summed E-state index contributed by atoms with van der Waals surface area (Å²) < 4.78 is 0. The Kier molecular flexibility index (Phi) is 2.13. The molecule has 0 atom stereocenters. The van der Waals surface area contributed by atoms with Crippen molar-refractivity contribution in [3.63, 3.8) is 0 Å². The summed E-state index contributed by atoms with van der Waals surface area (Å²) in [6, 6.07) is 0. The van der Waals surface area contributed by atoms with E-state index in [1.807, 2.05) is 0 Å². The van der Waals surface area contributed by atoms with E-state index in [2.05, 4.69) is 15.9 Å². The van der Waals surface area contributed by atoms with Crippen LogP contribution in [0.2, 0.25) is 0 Å². The van der Waals surface area contributed by atoms with E-state index >= 15 is 0 Å². The number of hydrogen-bond acceptors (Lipinski definition) is 0. The molecule has 0 bridgehead atoms. The predicted octanol–water partition coefficient (Wildman–Crippen LogP) is 0.0175. The van der Waals surface area contributed by atoms with Crippen molar-refractivity contribution in [2.45, 2.75) is 12.8 Å². The average Bonchev–Trinajstić information content (AvgIpc) is 2.14. The standard InChI is InChI=1S/C5H10BrN/c6-5-7-3-1-2-4-7/h1-5H2/p+1. The monoisotopic (exact) mass is 164 g/mol. The third-order valence-corrected chi connectivity index (χ3v) is 2.29. The zero-order chi connectivity index (χ0) is 5.11. The van der Waals surface area contributed by atoms with Crippen LogP contribution in [0, 0.1) is 0 Å². The fourth-order valence-electron chi connectivity index (χ4n) is 1.01. The summed E-state index contributed by atoms with van der Waals surface area (Å²) in [5.41, 5.74) is 1.15. The molecular weight excluding hydrogens is 154 g/mol. The molecule has 1 fully saturated rings. The molecule has 1 aliphatic heterocycles. The van der Waals surface area contributed by atoms with Gasteiger partial charge in [0.2, 0.25) is 0 Å². The van der Waals surface area contributed by atoms with E-state index in [-0.39, 0.29) is 0 Å². The Bertz CT molecular complexity index is 50.0. The van der Waals surface area contributed by atoms with Crippen molar-refractivity contribution in [3.05, 3.63) is 0 Å². The van der Waals surface area contributed by atoms with Gasteiger partial charge in [0.15, 0.2) is 0 Å². The van der Waals surface area contributed by atoms with Crippen LogP contribution in [-0.4, -0.2) is 18.5 Å². The Morgan fingerprint density at radius 3 is 2.14 bits per heavy atom. The molecule has 0 saturated carbocycles. The molecule has 0 aromatic heterocycles. The summed E-state index contributed by atoms with van der Waals surface area (Å²) in [6.07, 6.45) is 2.86. The molecule has 0 unspecified atom stereocenters. The van der Waals surface area contributed by atoms with Crippen LogP contribution in [0.25, 0.3) is 0 Å². The second-order valence-electron chi connectivity index (χ2n) is 2.09. The Morgan fingerprint density at radius 2 is 1.86 bits per heavy atom. The van der Waals surface area contributed by atoms with Crippen molar-refractivity contribution in [2.75, 3.05) is 18.5 Å².